The maximum atomic E-state index is 13.8. The van der Waals surface area contributed by atoms with Crippen molar-refractivity contribution in [1.29, 1.82) is 0 Å². The molecular formula is C33H42N2O2. The zero-order valence-corrected chi connectivity index (χ0v) is 23.3. The second kappa shape index (κ2) is 12.7. The lowest BCUT2D eigenvalue weighted by Gasteiger charge is -2.32. The van der Waals surface area contributed by atoms with E-state index in [9.17, 15) is 9.59 Å². The number of amides is 2. The third-order valence-corrected chi connectivity index (χ3v) is 6.75. The van der Waals surface area contributed by atoms with Crippen molar-refractivity contribution in [1.82, 2.24) is 10.2 Å². The lowest BCUT2D eigenvalue weighted by Crippen LogP contribution is -2.51. The standard InChI is InChI=1S/C33H42N2O2/c1-24(2)34-32(37)30(22-27-13-8-7-9-14-27)35(23-28-15-11-10-12-25(28)3)31(36)21-18-26-16-19-29(20-17-26)33(4,5)6/h7-17,19-20,24,30H,18,21-23H2,1-6H3,(H,34,37)/t30-/m1/s1. The minimum atomic E-state index is -0.597. The molecule has 0 radical (unpaired) electrons. The lowest BCUT2D eigenvalue weighted by molar-refractivity contribution is -0.141. The van der Waals surface area contributed by atoms with Crippen molar-refractivity contribution in [2.24, 2.45) is 0 Å². The Hall–Kier alpha value is -3.40. The highest BCUT2D eigenvalue weighted by molar-refractivity contribution is 5.88. The van der Waals surface area contributed by atoms with E-state index in [1.54, 1.807) is 4.90 Å². The van der Waals surface area contributed by atoms with Crippen LogP contribution in [-0.4, -0.2) is 28.8 Å². The zero-order chi connectivity index (χ0) is 27.0. The number of hydrogen-bond donors (Lipinski definition) is 1. The Morgan fingerprint density at radius 1 is 0.838 bits per heavy atom. The molecule has 0 saturated carbocycles. The first kappa shape index (κ1) is 28.2. The van der Waals surface area contributed by atoms with Gasteiger partial charge in [-0.2, -0.15) is 0 Å². The minimum Gasteiger partial charge on any atom is -0.352 e. The van der Waals surface area contributed by atoms with Gasteiger partial charge in [0.15, 0.2) is 0 Å². The van der Waals surface area contributed by atoms with E-state index < -0.39 is 6.04 Å². The molecule has 1 N–H and O–H groups in total. The van der Waals surface area contributed by atoms with Gasteiger partial charge in [0.1, 0.15) is 6.04 Å². The molecule has 0 aliphatic rings. The predicted molar refractivity (Wildman–Crippen MR) is 152 cm³/mol. The zero-order valence-electron chi connectivity index (χ0n) is 23.3. The van der Waals surface area contributed by atoms with Crippen molar-refractivity contribution in [3.05, 3.63) is 107 Å². The summed E-state index contributed by atoms with van der Waals surface area (Å²) in [4.78, 5) is 29.1. The first-order chi connectivity index (χ1) is 17.5. The lowest BCUT2D eigenvalue weighted by atomic mass is 9.86. The van der Waals surface area contributed by atoms with E-state index in [0.29, 0.717) is 25.8 Å². The molecule has 37 heavy (non-hydrogen) atoms. The van der Waals surface area contributed by atoms with Crippen LogP contribution in [0.5, 0.6) is 0 Å². The second-order valence-corrected chi connectivity index (χ2v) is 11.3. The third kappa shape index (κ3) is 8.31. The number of carbonyl (C=O) groups excluding carboxylic acids is 2. The third-order valence-electron chi connectivity index (χ3n) is 6.75. The van der Waals surface area contributed by atoms with Crippen molar-refractivity contribution in [2.45, 2.75) is 84.8 Å². The minimum absolute atomic E-state index is 0.0111. The molecule has 0 aliphatic heterocycles. The fourth-order valence-electron chi connectivity index (χ4n) is 4.47. The Morgan fingerprint density at radius 3 is 2.05 bits per heavy atom. The summed E-state index contributed by atoms with van der Waals surface area (Å²) in [6, 6.07) is 26.0. The highest BCUT2D eigenvalue weighted by Crippen LogP contribution is 2.23. The van der Waals surface area contributed by atoms with Crippen LogP contribution in [0.4, 0.5) is 0 Å². The monoisotopic (exact) mass is 498 g/mol. The van der Waals surface area contributed by atoms with Crippen LogP contribution in [0.3, 0.4) is 0 Å². The Morgan fingerprint density at radius 2 is 1.46 bits per heavy atom. The van der Waals surface area contributed by atoms with E-state index in [2.05, 4.69) is 63.3 Å². The van der Waals surface area contributed by atoms with Gasteiger partial charge in [-0.25, -0.2) is 0 Å². The maximum absolute atomic E-state index is 13.8. The molecule has 3 aromatic rings. The van der Waals surface area contributed by atoms with Gasteiger partial charge in [0, 0.05) is 25.4 Å². The van der Waals surface area contributed by atoms with Gasteiger partial charge in [-0.15, -0.1) is 0 Å². The molecule has 4 nitrogen and oxygen atoms in total. The van der Waals surface area contributed by atoms with Gasteiger partial charge in [0.25, 0.3) is 0 Å². The largest absolute Gasteiger partial charge is 0.352 e. The Bertz CT molecular complexity index is 1160. The average molecular weight is 499 g/mol. The number of nitrogens with zero attached hydrogens (tertiary/aromatic N) is 1. The van der Waals surface area contributed by atoms with Crippen molar-refractivity contribution >= 4 is 11.8 Å². The van der Waals surface area contributed by atoms with Crippen LogP contribution < -0.4 is 5.32 Å². The van der Waals surface area contributed by atoms with Crippen LogP contribution in [-0.2, 0) is 34.4 Å². The smallest absolute Gasteiger partial charge is 0.243 e. The van der Waals surface area contributed by atoms with Crippen LogP contribution in [0.15, 0.2) is 78.9 Å². The topological polar surface area (TPSA) is 49.4 Å². The quantitative estimate of drug-likeness (QED) is 0.352. The summed E-state index contributed by atoms with van der Waals surface area (Å²) in [5.74, 6) is -0.127. The number of rotatable bonds is 10. The Kier molecular flexibility index (Phi) is 9.68. The van der Waals surface area contributed by atoms with E-state index in [0.717, 1.165) is 22.3 Å². The van der Waals surface area contributed by atoms with Gasteiger partial charge in [-0.1, -0.05) is 99.6 Å². The second-order valence-electron chi connectivity index (χ2n) is 11.3. The average Bonchev–Trinajstić information content (AvgIpc) is 2.85. The number of nitrogens with one attached hydrogen (secondary N) is 1. The van der Waals surface area contributed by atoms with E-state index in [4.69, 9.17) is 0 Å². The van der Waals surface area contributed by atoms with Gasteiger partial charge in [-0.3, -0.25) is 9.59 Å². The van der Waals surface area contributed by atoms with E-state index in [1.807, 2.05) is 62.4 Å². The summed E-state index contributed by atoms with van der Waals surface area (Å²) >= 11 is 0. The fraction of sp³-hybridized carbons (Fsp3) is 0.394. The highest BCUT2D eigenvalue weighted by atomic mass is 16.2. The molecule has 0 heterocycles. The normalized spacial score (nSPS) is 12.3. The molecule has 2 amide bonds. The van der Waals surface area contributed by atoms with Crippen molar-refractivity contribution in [3.63, 3.8) is 0 Å². The van der Waals surface area contributed by atoms with Gasteiger partial charge in [0.2, 0.25) is 11.8 Å². The summed E-state index contributed by atoms with van der Waals surface area (Å²) in [6.07, 6.45) is 1.45. The molecular weight excluding hydrogens is 456 g/mol. The van der Waals surface area contributed by atoms with Crippen molar-refractivity contribution in [2.75, 3.05) is 0 Å². The van der Waals surface area contributed by atoms with Gasteiger partial charge in [0.05, 0.1) is 0 Å². The summed E-state index contributed by atoms with van der Waals surface area (Å²) in [7, 11) is 0. The molecule has 0 bridgehead atoms. The van der Waals surface area contributed by atoms with Crippen LogP contribution in [0.1, 0.15) is 68.9 Å². The van der Waals surface area contributed by atoms with E-state index >= 15 is 0 Å². The molecule has 0 aromatic heterocycles. The van der Waals surface area contributed by atoms with Gasteiger partial charge in [-0.05, 0) is 60.4 Å². The Labute approximate surface area is 223 Å². The molecule has 0 fully saturated rings. The molecule has 196 valence electrons. The number of aryl methyl sites for hydroxylation is 2. The first-order valence-electron chi connectivity index (χ1n) is 13.3. The van der Waals surface area contributed by atoms with Crippen LogP contribution in [0.25, 0.3) is 0 Å². The predicted octanol–water partition coefficient (Wildman–Crippen LogP) is 6.39. The maximum Gasteiger partial charge on any atom is 0.243 e. The van der Waals surface area contributed by atoms with Gasteiger partial charge >= 0.3 is 0 Å². The Balaban J connectivity index is 1.89. The summed E-state index contributed by atoms with van der Waals surface area (Å²) in [6.45, 7) is 12.9. The highest BCUT2D eigenvalue weighted by Gasteiger charge is 2.30. The molecule has 4 heteroatoms. The van der Waals surface area contributed by atoms with Crippen molar-refractivity contribution in [3.8, 4) is 0 Å². The van der Waals surface area contributed by atoms with Crippen LogP contribution >= 0.6 is 0 Å². The molecule has 0 saturated heterocycles. The van der Waals surface area contributed by atoms with Crippen LogP contribution in [0, 0.1) is 6.92 Å². The number of carbonyl (C=O) groups is 2. The molecule has 0 unspecified atom stereocenters. The molecule has 0 spiro atoms. The summed E-state index contributed by atoms with van der Waals surface area (Å²) < 4.78 is 0. The summed E-state index contributed by atoms with van der Waals surface area (Å²) in [5, 5.41) is 3.06. The number of benzene rings is 3. The molecule has 1 atom stereocenters. The van der Waals surface area contributed by atoms with E-state index in [-0.39, 0.29) is 23.3 Å². The SMILES string of the molecule is Cc1ccccc1CN(C(=O)CCc1ccc(C(C)(C)C)cc1)[C@H](Cc1ccccc1)C(=O)NC(C)C. The van der Waals surface area contributed by atoms with E-state index in [1.165, 1.54) is 5.56 Å². The van der Waals surface area contributed by atoms with Gasteiger partial charge < -0.3 is 10.2 Å². The summed E-state index contributed by atoms with van der Waals surface area (Å²) in [5.41, 5.74) is 5.70. The fourth-order valence-corrected chi connectivity index (χ4v) is 4.47. The molecule has 3 aromatic carbocycles. The van der Waals surface area contributed by atoms with Crippen LogP contribution in [0.2, 0.25) is 0 Å². The first-order valence-corrected chi connectivity index (χ1v) is 13.3. The molecule has 0 aliphatic carbocycles. The van der Waals surface area contributed by atoms with Crippen molar-refractivity contribution < 1.29 is 9.59 Å². The molecule has 3 rings (SSSR count). The number of hydrogen-bond acceptors (Lipinski definition) is 2.